The second-order valence-electron chi connectivity index (χ2n) is 7.43. The fourth-order valence-corrected chi connectivity index (χ4v) is 5.45. The zero-order chi connectivity index (χ0) is 24.0. The number of carbonyl (C=O) groups excluding carboxylic acids is 2. The molecule has 0 unspecified atom stereocenters. The number of nitrogens with zero attached hydrogens (tertiary/aromatic N) is 1. The fourth-order valence-electron chi connectivity index (χ4n) is 3.42. The molecular formula is C22H24BrFN2O6S. The van der Waals surface area contributed by atoms with E-state index in [0.29, 0.717) is 17.6 Å². The van der Waals surface area contributed by atoms with Gasteiger partial charge in [0.15, 0.2) is 6.61 Å². The van der Waals surface area contributed by atoms with E-state index in [0.717, 1.165) is 25.7 Å². The Kier molecular flexibility index (Phi) is 8.44. The highest BCUT2D eigenvalue weighted by Crippen LogP contribution is 2.29. The second kappa shape index (κ2) is 11.1. The third kappa shape index (κ3) is 6.30. The van der Waals surface area contributed by atoms with Crippen molar-refractivity contribution in [1.29, 1.82) is 0 Å². The quantitative estimate of drug-likeness (QED) is 0.531. The lowest BCUT2D eigenvalue weighted by molar-refractivity contribution is -0.119. The third-order valence-corrected chi connectivity index (χ3v) is 7.53. The van der Waals surface area contributed by atoms with Gasteiger partial charge in [-0.3, -0.25) is 4.79 Å². The Labute approximate surface area is 200 Å². The molecule has 1 aliphatic rings. The molecule has 0 aromatic heterocycles. The number of nitrogens with one attached hydrogen (secondary N) is 1. The first-order chi connectivity index (χ1) is 15.7. The van der Waals surface area contributed by atoms with Crippen LogP contribution in [0.2, 0.25) is 0 Å². The summed E-state index contributed by atoms with van der Waals surface area (Å²) in [7, 11) is -2.54. The lowest BCUT2D eigenvalue weighted by atomic mass is 10.2. The number of carbonyl (C=O) groups is 2. The van der Waals surface area contributed by atoms with E-state index in [1.54, 1.807) is 6.07 Å². The van der Waals surface area contributed by atoms with Crippen molar-refractivity contribution in [2.24, 2.45) is 0 Å². The van der Waals surface area contributed by atoms with E-state index in [-0.39, 0.29) is 21.9 Å². The monoisotopic (exact) mass is 542 g/mol. The smallest absolute Gasteiger partial charge is 0.338 e. The maximum Gasteiger partial charge on any atom is 0.338 e. The summed E-state index contributed by atoms with van der Waals surface area (Å²) < 4.78 is 52.4. The minimum atomic E-state index is -3.89. The molecule has 0 atom stereocenters. The highest BCUT2D eigenvalue weighted by molar-refractivity contribution is 9.10. The molecule has 3 rings (SSSR count). The van der Waals surface area contributed by atoms with Gasteiger partial charge in [-0.05, 0) is 49.2 Å². The van der Waals surface area contributed by atoms with Gasteiger partial charge in [0.1, 0.15) is 16.5 Å². The summed E-state index contributed by atoms with van der Waals surface area (Å²) in [5.41, 5.74) is -0.110. The predicted molar refractivity (Wildman–Crippen MR) is 123 cm³/mol. The van der Waals surface area contributed by atoms with Gasteiger partial charge < -0.3 is 14.8 Å². The van der Waals surface area contributed by atoms with Crippen LogP contribution in [0.3, 0.4) is 0 Å². The Hall–Kier alpha value is -2.50. The van der Waals surface area contributed by atoms with Crippen LogP contribution in [0.25, 0.3) is 0 Å². The van der Waals surface area contributed by atoms with Gasteiger partial charge in [0, 0.05) is 17.6 Å². The van der Waals surface area contributed by atoms with E-state index in [1.807, 2.05) is 0 Å². The van der Waals surface area contributed by atoms with Crippen LogP contribution in [0.1, 0.15) is 36.0 Å². The van der Waals surface area contributed by atoms with Gasteiger partial charge in [-0.25, -0.2) is 17.6 Å². The van der Waals surface area contributed by atoms with Crippen molar-refractivity contribution < 1.29 is 31.9 Å². The Morgan fingerprint density at radius 1 is 1.09 bits per heavy atom. The van der Waals surface area contributed by atoms with Crippen LogP contribution < -0.4 is 10.1 Å². The third-order valence-electron chi connectivity index (χ3n) is 5.12. The lowest BCUT2D eigenvalue weighted by Gasteiger charge is -2.21. The molecule has 0 spiro atoms. The molecule has 178 valence electrons. The molecule has 1 N–H and O–H groups in total. The lowest BCUT2D eigenvalue weighted by Crippen LogP contribution is -2.32. The Bertz CT molecular complexity index is 1130. The molecule has 1 fully saturated rings. The largest absolute Gasteiger partial charge is 0.495 e. The first-order valence-corrected chi connectivity index (χ1v) is 12.6. The minimum absolute atomic E-state index is 0.0492. The number of hydrogen-bond donors (Lipinski definition) is 1. The first kappa shape index (κ1) is 25.1. The second-order valence-corrected chi connectivity index (χ2v) is 10.3. The summed E-state index contributed by atoms with van der Waals surface area (Å²) in [4.78, 5) is 24.4. The average molecular weight is 543 g/mol. The zero-order valence-electron chi connectivity index (χ0n) is 18.0. The van der Waals surface area contributed by atoms with E-state index in [9.17, 15) is 22.4 Å². The molecule has 2 aromatic carbocycles. The number of hydrogen-bond acceptors (Lipinski definition) is 6. The van der Waals surface area contributed by atoms with Crippen molar-refractivity contribution in [1.82, 2.24) is 4.31 Å². The van der Waals surface area contributed by atoms with Gasteiger partial charge in [0.05, 0.1) is 18.4 Å². The summed E-state index contributed by atoms with van der Waals surface area (Å²) in [6.07, 6.45) is 3.44. The van der Waals surface area contributed by atoms with Crippen LogP contribution in [-0.4, -0.2) is 51.4 Å². The highest BCUT2D eigenvalue weighted by atomic mass is 79.9. The van der Waals surface area contributed by atoms with Crippen molar-refractivity contribution in [2.75, 3.05) is 32.1 Å². The minimum Gasteiger partial charge on any atom is -0.495 e. The van der Waals surface area contributed by atoms with E-state index in [1.165, 1.54) is 41.7 Å². The topological polar surface area (TPSA) is 102 Å². The van der Waals surface area contributed by atoms with E-state index in [2.05, 4.69) is 21.2 Å². The number of esters is 1. The number of anilines is 1. The zero-order valence-corrected chi connectivity index (χ0v) is 20.4. The number of amides is 1. The number of ether oxygens (including phenoxy) is 2. The van der Waals surface area contributed by atoms with Crippen molar-refractivity contribution >= 4 is 43.5 Å². The summed E-state index contributed by atoms with van der Waals surface area (Å²) in [5, 5.41) is 2.31. The molecule has 1 amide bonds. The van der Waals surface area contributed by atoms with Gasteiger partial charge >= 0.3 is 5.97 Å². The van der Waals surface area contributed by atoms with Crippen LogP contribution in [0.4, 0.5) is 10.1 Å². The van der Waals surface area contributed by atoms with Crippen molar-refractivity contribution in [3.63, 3.8) is 0 Å². The molecule has 0 aliphatic carbocycles. The molecular weight excluding hydrogens is 519 g/mol. The van der Waals surface area contributed by atoms with Gasteiger partial charge in [-0.1, -0.05) is 28.8 Å². The van der Waals surface area contributed by atoms with Gasteiger partial charge in [0.2, 0.25) is 10.0 Å². The summed E-state index contributed by atoms with van der Waals surface area (Å²) in [6.45, 7) is 0.120. The summed E-state index contributed by atoms with van der Waals surface area (Å²) >= 11 is 3.12. The summed E-state index contributed by atoms with van der Waals surface area (Å²) in [6, 6.07) is 8.02. The maximum atomic E-state index is 13.9. The number of benzene rings is 2. The van der Waals surface area contributed by atoms with Crippen molar-refractivity contribution in [3.8, 4) is 5.75 Å². The Balaban J connectivity index is 1.72. The van der Waals surface area contributed by atoms with Crippen LogP contribution in [-0.2, 0) is 19.6 Å². The SMILES string of the molecule is COc1ccc(C(=O)OCC(=O)Nc2ccc(Br)cc2F)cc1S(=O)(=O)N1CCCCCC1. The van der Waals surface area contributed by atoms with Gasteiger partial charge in [0.25, 0.3) is 5.91 Å². The van der Waals surface area contributed by atoms with Gasteiger partial charge in [-0.2, -0.15) is 4.31 Å². The van der Waals surface area contributed by atoms with Crippen LogP contribution in [0.15, 0.2) is 45.8 Å². The van der Waals surface area contributed by atoms with Crippen LogP contribution in [0.5, 0.6) is 5.75 Å². The van der Waals surface area contributed by atoms with Gasteiger partial charge in [-0.15, -0.1) is 0 Å². The normalized spacial score (nSPS) is 14.9. The number of methoxy groups -OCH3 is 1. The number of sulfonamides is 1. The molecule has 0 bridgehead atoms. The van der Waals surface area contributed by atoms with E-state index >= 15 is 0 Å². The average Bonchev–Trinajstić information content (AvgIpc) is 3.09. The van der Waals surface area contributed by atoms with Crippen molar-refractivity contribution in [2.45, 2.75) is 30.6 Å². The molecule has 1 heterocycles. The standard InChI is InChI=1S/C22H24BrFN2O6S/c1-31-19-9-6-15(12-20(19)33(29,30)26-10-4-2-3-5-11-26)22(28)32-14-21(27)25-18-8-7-16(23)13-17(18)24/h6-9,12-13H,2-5,10-11,14H2,1H3,(H,25,27). The molecule has 8 nitrogen and oxygen atoms in total. The molecule has 2 aromatic rings. The number of halogens is 2. The number of rotatable bonds is 7. The van der Waals surface area contributed by atoms with E-state index in [4.69, 9.17) is 9.47 Å². The molecule has 1 aliphatic heterocycles. The fraction of sp³-hybridized carbons (Fsp3) is 0.364. The maximum absolute atomic E-state index is 13.9. The molecule has 33 heavy (non-hydrogen) atoms. The molecule has 11 heteroatoms. The highest BCUT2D eigenvalue weighted by Gasteiger charge is 2.29. The van der Waals surface area contributed by atoms with Crippen molar-refractivity contribution in [3.05, 3.63) is 52.3 Å². The Morgan fingerprint density at radius 2 is 1.79 bits per heavy atom. The van der Waals surface area contributed by atoms with E-state index < -0.39 is 34.3 Å². The molecule has 0 saturated carbocycles. The first-order valence-electron chi connectivity index (χ1n) is 10.3. The Morgan fingerprint density at radius 3 is 2.42 bits per heavy atom. The molecule has 1 saturated heterocycles. The van der Waals surface area contributed by atoms with Crippen LogP contribution >= 0.6 is 15.9 Å². The molecule has 0 radical (unpaired) electrons. The predicted octanol–water partition coefficient (Wildman–Crippen LogP) is 3.96. The summed E-state index contributed by atoms with van der Waals surface area (Å²) in [5.74, 6) is -2.17. The van der Waals surface area contributed by atoms with Crippen LogP contribution in [0, 0.1) is 5.82 Å².